The number of aliphatic hydroxyl groups excluding tert-OH is 1. The first-order chi connectivity index (χ1) is 8.81. The molecule has 18 heavy (non-hydrogen) atoms. The molecule has 1 fully saturated rings. The molecule has 1 aliphatic carbocycles. The van der Waals surface area contributed by atoms with Crippen molar-refractivity contribution in [2.75, 3.05) is 6.61 Å². The van der Waals surface area contributed by atoms with Crippen LogP contribution in [0.4, 0.5) is 0 Å². The van der Waals surface area contributed by atoms with Gasteiger partial charge in [-0.2, -0.15) is 0 Å². The molecule has 98 valence electrons. The quantitative estimate of drug-likeness (QED) is 0.801. The van der Waals surface area contributed by atoms with Gasteiger partial charge in [-0.25, -0.2) is 0 Å². The van der Waals surface area contributed by atoms with Crippen LogP contribution in [-0.4, -0.2) is 28.6 Å². The second-order valence-corrected chi connectivity index (χ2v) is 4.88. The highest BCUT2D eigenvalue weighted by atomic mass is 16.3. The van der Waals surface area contributed by atoms with E-state index in [0.29, 0.717) is 5.69 Å². The molecule has 2 unspecified atom stereocenters. The number of rotatable bonds is 3. The summed E-state index contributed by atoms with van der Waals surface area (Å²) in [5.74, 6) is 0.0427. The first kappa shape index (κ1) is 13.0. The summed E-state index contributed by atoms with van der Waals surface area (Å²) in [7, 11) is 0. The number of aliphatic hydroxyl groups is 1. The fraction of sp³-hybridized carbons (Fsp3) is 0.571. The lowest BCUT2D eigenvalue weighted by molar-refractivity contribution is 0.0894. The van der Waals surface area contributed by atoms with Crippen molar-refractivity contribution in [1.82, 2.24) is 10.3 Å². The zero-order valence-electron chi connectivity index (χ0n) is 10.5. The Labute approximate surface area is 107 Å². The number of aromatic nitrogens is 1. The predicted molar refractivity (Wildman–Crippen MR) is 69.2 cm³/mol. The van der Waals surface area contributed by atoms with E-state index in [9.17, 15) is 9.90 Å². The van der Waals surface area contributed by atoms with Gasteiger partial charge in [0.2, 0.25) is 0 Å². The van der Waals surface area contributed by atoms with Gasteiger partial charge in [-0.15, -0.1) is 0 Å². The third kappa shape index (κ3) is 3.29. The number of amides is 1. The van der Waals surface area contributed by atoms with Gasteiger partial charge in [0.1, 0.15) is 5.69 Å². The van der Waals surface area contributed by atoms with E-state index in [2.05, 4.69) is 10.3 Å². The van der Waals surface area contributed by atoms with Crippen LogP contribution in [0.25, 0.3) is 0 Å². The van der Waals surface area contributed by atoms with Gasteiger partial charge in [-0.3, -0.25) is 9.78 Å². The van der Waals surface area contributed by atoms with Crippen molar-refractivity contribution in [3.63, 3.8) is 0 Å². The van der Waals surface area contributed by atoms with Gasteiger partial charge in [0.25, 0.3) is 5.91 Å². The Morgan fingerprint density at radius 1 is 1.33 bits per heavy atom. The lowest BCUT2D eigenvalue weighted by Gasteiger charge is -2.24. The van der Waals surface area contributed by atoms with Gasteiger partial charge in [0, 0.05) is 24.8 Å². The van der Waals surface area contributed by atoms with Crippen molar-refractivity contribution in [2.24, 2.45) is 5.92 Å². The van der Waals surface area contributed by atoms with Crippen LogP contribution in [0.1, 0.15) is 42.6 Å². The molecule has 0 aliphatic heterocycles. The molecular formula is C14H20N2O2. The zero-order chi connectivity index (χ0) is 12.8. The van der Waals surface area contributed by atoms with Crippen LogP contribution in [0.2, 0.25) is 0 Å². The second kappa shape index (κ2) is 6.50. The van der Waals surface area contributed by atoms with Gasteiger partial charge >= 0.3 is 0 Å². The summed E-state index contributed by atoms with van der Waals surface area (Å²) in [5, 5.41) is 12.4. The van der Waals surface area contributed by atoms with Crippen LogP contribution in [0.15, 0.2) is 24.4 Å². The third-order valence-electron chi connectivity index (χ3n) is 3.61. The number of carbonyl (C=O) groups is 1. The van der Waals surface area contributed by atoms with Gasteiger partial charge in [0.05, 0.1) is 0 Å². The van der Waals surface area contributed by atoms with Gasteiger partial charge in [0.15, 0.2) is 0 Å². The minimum Gasteiger partial charge on any atom is -0.396 e. The molecule has 0 saturated heterocycles. The van der Waals surface area contributed by atoms with E-state index in [1.807, 2.05) is 0 Å². The van der Waals surface area contributed by atoms with E-state index < -0.39 is 0 Å². The number of nitrogens with one attached hydrogen (secondary N) is 1. The monoisotopic (exact) mass is 248 g/mol. The number of carbonyl (C=O) groups excluding carboxylic acids is 1. The average Bonchev–Trinajstić information content (AvgIpc) is 2.64. The van der Waals surface area contributed by atoms with E-state index >= 15 is 0 Å². The van der Waals surface area contributed by atoms with E-state index in [4.69, 9.17) is 0 Å². The Morgan fingerprint density at radius 2 is 2.17 bits per heavy atom. The molecule has 2 rings (SSSR count). The number of hydrogen-bond donors (Lipinski definition) is 2. The van der Waals surface area contributed by atoms with Gasteiger partial charge in [-0.1, -0.05) is 25.3 Å². The van der Waals surface area contributed by atoms with Gasteiger partial charge < -0.3 is 10.4 Å². The maximum absolute atomic E-state index is 12.0. The first-order valence-electron chi connectivity index (χ1n) is 6.64. The Kier molecular flexibility index (Phi) is 4.70. The normalized spacial score (nSPS) is 24.3. The summed E-state index contributed by atoms with van der Waals surface area (Å²) in [5.41, 5.74) is 0.443. The highest BCUT2D eigenvalue weighted by Gasteiger charge is 2.25. The molecule has 4 nitrogen and oxygen atoms in total. The van der Waals surface area contributed by atoms with E-state index in [0.717, 1.165) is 25.7 Å². The Balaban J connectivity index is 2.00. The van der Waals surface area contributed by atoms with Crippen molar-refractivity contribution in [1.29, 1.82) is 0 Å². The summed E-state index contributed by atoms with van der Waals surface area (Å²) >= 11 is 0. The van der Waals surface area contributed by atoms with Crippen LogP contribution >= 0.6 is 0 Å². The number of nitrogens with zero attached hydrogens (tertiary/aromatic N) is 1. The maximum atomic E-state index is 12.0. The van der Waals surface area contributed by atoms with Crippen molar-refractivity contribution < 1.29 is 9.90 Å². The molecule has 0 bridgehead atoms. The molecule has 2 N–H and O–H groups in total. The smallest absolute Gasteiger partial charge is 0.270 e. The standard InChI is InChI=1S/C14H20N2O2/c17-10-11-6-2-1-3-7-12(11)16-14(18)13-8-4-5-9-15-13/h4-5,8-9,11-12,17H,1-3,6-7,10H2,(H,16,18). The Bertz CT molecular complexity index is 381. The van der Waals surface area contributed by atoms with Crippen LogP contribution < -0.4 is 5.32 Å². The van der Waals surface area contributed by atoms with Crippen LogP contribution in [0.5, 0.6) is 0 Å². The summed E-state index contributed by atoms with van der Waals surface area (Å²) in [6, 6.07) is 5.38. The third-order valence-corrected chi connectivity index (χ3v) is 3.61. The van der Waals surface area contributed by atoms with Crippen molar-refractivity contribution in [3.8, 4) is 0 Å². The van der Waals surface area contributed by atoms with E-state index in [1.165, 1.54) is 6.42 Å². The lowest BCUT2D eigenvalue weighted by Crippen LogP contribution is -2.41. The molecule has 1 heterocycles. The Hall–Kier alpha value is -1.42. The summed E-state index contributed by atoms with van der Waals surface area (Å²) in [6.45, 7) is 0.146. The maximum Gasteiger partial charge on any atom is 0.270 e. The molecule has 1 aromatic heterocycles. The average molecular weight is 248 g/mol. The second-order valence-electron chi connectivity index (χ2n) is 4.88. The molecule has 1 aromatic rings. The molecule has 0 aromatic carbocycles. The Morgan fingerprint density at radius 3 is 2.89 bits per heavy atom. The highest BCUT2D eigenvalue weighted by Crippen LogP contribution is 2.23. The topological polar surface area (TPSA) is 62.2 Å². The van der Waals surface area contributed by atoms with Crippen LogP contribution in [0, 0.1) is 5.92 Å². The van der Waals surface area contributed by atoms with Crippen molar-refractivity contribution in [3.05, 3.63) is 30.1 Å². The molecule has 1 saturated carbocycles. The van der Waals surface area contributed by atoms with E-state index in [-0.39, 0.29) is 24.5 Å². The minimum absolute atomic E-state index is 0.0759. The van der Waals surface area contributed by atoms with E-state index in [1.54, 1.807) is 24.4 Å². The lowest BCUT2D eigenvalue weighted by atomic mass is 9.95. The van der Waals surface area contributed by atoms with Gasteiger partial charge in [-0.05, 0) is 25.0 Å². The largest absolute Gasteiger partial charge is 0.396 e. The molecule has 4 heteroatoms. The fourth-order valence-electron chi connectivity index (χ4n) is 2.53. The molecule has 1 aliphatic rings. The minimum atomic E-state index is -0.138. The molecule has 2 atom stereocenters. The number of pyridine rings is 1. The summed E-state index contributed by atoms with van der Waals surface area (Å²) < 4.78 is 0. The highest BCUT2D eigenvalue weighted by molar-refractivity contribution is 5.92. The number of hydrogen-bond acceptors (Lipinski definition) is 3. The van der Waals surface area contributed by atoms with Crippen molar-refractivity contribution >= 4 is 5.91 Å². The SMILES string of the molecule is O=C(NC1CCCCCC1CO)c1ccccn1. The van der Waals surface area contributed by atoms with Crippen LogP contribution in [-0.2, 0) is 0 Å². The summed E-state index contributed by atoms with van der Waals surface area (Å²) in [4.78, 5) is 16.1. The molecule has 0 radical (unpaired) electrons. The molecule has 1 amide bonds. The first-order valence-corrected chi connectivity index (χ1v) is 6.64. The molecular weight excluding hydrogens is 228 g/mol. The van der Waals surface area contributed by atoms with Crippen molar-refractivity contribution in [2.45, 2.75) is 38.1 Å². The predicted octanol–water partition coefficient (Wildman–Crippen LogP) is 1.75. The van der Waals surface area contributed by atoms with Crippen LogP contribution in [0.3, 0.4) is 0 Å². The summed E-state index contributed by atoms with van der Waals surface area (Å²) in [6.07, 6.45) is 7.00. The fourth-order valence-corrected chi connectivity index (χ4v) is 2.53. The zero-order valence-corrected chi connectivity index (χ0v) is 10.5. The molecule has 0 spiro atoms.